The first-order valence-electron chi connectivity index (χ1n) is 7.73. The summed E-state index contributed by atoms with van der Waals surface area (Å²) in [6.45, 7) is 4.01. The molecule has 0 fully saturated rings. The first-order chi connectivity index (χ1) is 10.1. The van der Waals surface area contributed by atoms with Crippen molar-refractivity contribution in [1.82, 2.24) is 5.32 Å². The van der Waals surface area contributed by atoms with E-state index in [2.05, 4.69) is 12.2 Å². The fraction of sp³-hybridized carbons (Fsp3) is 0.688. The zero-order valence-electron chi connectivity index (χ0n) is 13.0. The van der Waals surface area contributed by atoms with E-state index in [0.717, 1.165) is 23.3 Å². The molecule has 1 rings (SSSR count). The minimum absolute atomic E-state index is 0.121. The molecule has 2 atom stereocenters. The number of hydrogen-bond acceptors (Lipinski definition) is 4. The lowest BCUT2D eigenvalue weighted by Gasteiger charge is -2.18. The molecule has 0 aliphatic heterocycles. The van der Waals surface area contributed by atoms with Gasteiger partial charge < -0.3 is 15.5 Å². The standard InChI is InChI=1S/C16H27NO3S/c1-3-4-5-6-7-13-9-11-21-16(13)15(20)14(19)8-10-17-12(2)18/h9,11,14-15,19-20H,3-8,10H2,1-2H3,(H,17,18). The van der Waals surface area contributed by atoms with Gasteiger partial charge in [0.05, 0.1) is 6.10 Å². The molecule has 0 aliphatic rings. The number of unbranched alkanes of at least 4 members (excludes halogenated alkanes) is 3. The van der Waals surface area contributed by atoms with Crippen molar-refractivity contribution in [3.05, 3.63) is 21.9 Å². The molecule has 2 unspecified atom stereocenters. The van der Waals surface area contributed by atoms with Crippen LogP contribution in [0.15, 0.2) is 11.4 Å². The van der Waals surface area contributed by atoms with Crippen LogP contribution in [-0.4, -0.2) is 28.8 Å². The largest absolute Gasteiger partial charge is 0.390 e. The molecule has 1 amide bonds. The third kappa shape index (κ3) is 6.59. The van der Waals surface area contributed by atoms with Crippen LogP contribution in [0, 0.1) is 0 Å². The van der Waals surface area contributed by atoms with Crippen LogP contribution in [0.3, 0.4) is 0 Å². The van der Waals surface area contributed by atoms with Gasteiger partial charge in [0.1, 0.15) is 6.10 Å². The quantitative estimate of drug-likeness (QED) is 0.582. The van der Waals surface area contributed by atoms with Crippen molar-refractivity contribution in [1.29, 1.82) is 0 Å². The van der Waals surface area contributed by atoms with Gasteiger partial charge in [-0.1, -0.05) is 26.2 Å². The van der Waals surface area contributed by atoms with Crippen LogP contribution in [0.5, 0.6) is 0 Å². The predicted molar refractivity (Wildman–Crippen MR) is 86.4 cm³/mol. The monoisotopic (exact) mass is 313 g/mol. The number of nitrogens with one attached hydrogen (secondary N) is 1. The van der Waals surface area contributed by atoms with Gasteiger partial charge in [0, 0.05) is 18.3 Å². The molecule has 120 valence electrons. The first-order valence-corrected chi connectivity index (χ1v) is 8.61. The molecule has 0 radical (unpaired) electrons. The number of aliphatic hydroxyl groups excluding tert-OH is 2. The molecule has 0 aliphatic carbocycles. The molecule has 0 aromatic carbocycles. The smallest absolute Gasteiger partial charge is 0.216 e. The number of amides is 1. The van der Waals surface area contributed by atoms with Gasteiger partial charge in [0.2, 0.25) is 5.91 Å². The van der Waals surface area contributed by atoms with Crippen molar-refractivity contribution in [3.63, 3.8) is 0 Å². The van der Waals surface area contributed by atoms with Crippen molar-refractivity contribution < 1.29 is 15.0 Å². The summed E-state index contributed by atoms with van der Waals surface area (Å²) in [4.78, 5) is 11.7. The summed E-state index contributed by atoms with van der Waals surface area (Å²) in [5, 5.41) is 24.9. The van der Waals surface area contributed by atoms with Gasteiger partial charge in [-0.15, -0.1) is 11.3 Å². The molecule has 0 saturated heterocycles. The maximum Gasteiger partial charge on any atom is 0.216 e. The summed E-state index contributed by atoms with van der Waals surface area (Å²) in [5.74, 6) is -0.121. The Kier molecular flexibility index (Phi) is 8.57. The summed E-state index contributed by atoms with van der Waals surface area (Å²) >= 11 is 1.49. The van der Waals surface area contributed by atoms with Crippen molar-refractivity contribution in [2.24, 2.45) is 0 Å². The maximum atomic E-state index is 10.8. The van der Waals surface area contributed by atoms with Crippen molar-refractivity contribution in [2.75, 3.05) is 6.54 Å². The Hall–Kier alpha value is -0.910. The summed E-state index contributed by atoms with van der Waals surface area (Å²) in [6, 6.07) is 2.04. The van der Waals surface area contributed by atoms with E-state index in [0.29, 0.717) is 13.0 Å². The van der Waals surface area contributed by atoms with E-state index in [1.807, 2.05) is 11.4 Å². The van der Waals surface area contributed by atoms with E-state index >= 15 is 0 Å². The van der Waals surface area contributed by atoms with E-state index in [9.17, 15) is 15.0 Å². The molecule has 1 heterocycles. The molecule has 0 bridgehead atoms. The molecule has 21 heavy (non-hydrogen) atoms. The summed E-state index contributed by atoms with van der Waals surface area (Å²) in [7, 11) is 0. The summed E-state index contributed by atoms with van der Waals surface area (Å²) < 4.78 is 0. The van der Waals surface area contributed by atoms with E-state index in [-0.39, 0.29) is 5.91 Å². The molecule has 4 nitrogen and oxygen atoms in total. The fourth-order valence-corrected chi connectivity index (χ4v) is 3.28. The second-order valence-electron chi connectivity index (χ2n) is 5.40. The lowest BCUT2D eigenvalue weighted by molar-refractivity contribution is -0.119. The highest BCUT2D eigenvalue weighted by atomic mass is 32.1. The third-order valence-corrected chi connectivity index (χ3v) is 4.56. The number of thiophene rings is 1. The molecule has 1 aromatic heterocycles. The van der Waals surface area contributed by atoms with Gasteiger partial charge in [-0.25, -0.2) is 0 Å². The second-order valence-corrected chi connectivity index (χ2v) is 6.35. The molecular formula is C16H27NO3S. The predicted octanol–water partition coefficient (Wildman–Crippen LogP) is 2.79. The van der Waals surface area contributed by atoms with Crippen molar-refractivity contribution >= 4 is 17.2 Å². The number of carbonyl (C=O) groups is 1. The van der Waals surface area contributed by atoms with Gasteiger partial charge in [0.25, 0.3) is 0 Å². The molecular weight excluding hydrogens is 286 g/mol. The molecule has 0 saturated carbocycles. The average molecular weight is 313 g/mol. The number of hydrogen-bond donors (Lipinski definition) is 3. The molecule has 1 aromatic rings. The normalized spacial score (nSPS) is 13.9. The number of rotatable bonds is 10. The minimum atomic E-state index is -0.861. The Morgan fingerprint density at radius 2 is 2.10 bits per heavy atom. The fourth-order valence-electron chi connectivity index (χ4n) is 2.28. The van der Waals surface area contributed by atoms with E-state index in [1.165, 1.54) is 37.5 Å². The molecule has 5 heteroatoms. The second kappa shape index (κ2) is 9.92. The summed E-state index contributed by atoms with van der Waals surface area (Å²) in [5.41, 5.74) is 1.14. The Morgan fingerprint density at radius 3 is 2.76 bits per heavy atom. The Labute approximate surface area is 131 Å². The van der Waals surface area contributed by atoms with Crippen molar-refractivity contribution in [3.8, 4) is 0 Å². The molecule has 3 N–H and O–H groups in total. The minimum Gasteiger partial charge on any atom is -0.390 e. The lowest BCUT2D eigenvalue weighted by Crippen LogP contribution is -2.27. The van der Waals surface area contributed by atoms with Crippen molar-refractivity contribution in [2.45, 2.75) is 64.6 Å². The zero-order valence-corrected chi connectivity index (χ0v) is 13.8. The van der Waals surface area contributed by atoms with Crippen LogP contribution in [0.4, 0.5) is 0 Å². The number of carbonyl (C=O) groups excluding carboxylic acids is 1. The van der Waals surface area contributed by atoms with Gasteiger partial charge in [-0.3, -0.25) is 4.79 Å². The first kappa shape index (κ1) is 18.1. The van der Waals surface area contributed by atoms with Crippen LogP contribution in [0.1, 0.15) is 62.5 Å². The van der Waals surface area contributed by atoms with E-state index in [4.69, 9.17) is 0 Å². The van der Waals surface area contributed by atoms with Gasteiger partial charge in [0.15, 0.2) is 0 Å². The SMILES string of the molecule is CCCCCCc1ccsc1C(O)C(O)CCNC(C)=O. The Balaban J connectivity index is 2.47. The lowest BCUT2D eigenvalue weighted by atomic mass is 10.0. The Bertz CT molecular complexity index is 419. The number of aryl methyl sites for hydroxylation is 1. The molecule has 0 spiro atoms. The van der Waals surface area contributed by atoms with E-state index in [1.54, 1.807) is 0 Å². The third-order valence-electron chi connectivity index (χ3n) is 3.53. The van der Waals surface area contributed by atoms with Gasteiger partial charge in [-0.2, -0.15) is 0 Å². The average Bonchev–Trinajstić information content (AvgIpc) is 2.90. The highest BCUT2D eigenvalue weighted by molar-refractivity contribution is 7.10. The van der Waals surface area contributed by atoms with E-state index < -0.39 is 12.2 Å². The van der Waals surface area contributed by atoms with Gasteiger partial charge in [-0.05, 0) is 36.3 Å². The van der Waals surface area contributed by atoms with Crippen LogP contribution in [0.2, 0.25) is 0 Å². The van der Waals surface area contributed by atoms with Gasteiger partial charge >= 0.3 is 0 Å². The highest BCUT2D eigenvalue weighted by Crippen LogP contribution is 2.29. The highest BCUT2D eigenvalue weighted by Gasteiger charge is 2.22. The zero-order chi connectivity index (χ0) is 15.7. The summed E-state index contributed by atoms with van der Waals surface area (Å²) in [6.07, 6.45) is 4.37. The number of aliphatic hydroxyl groups is 2. The van der Waals surface area contributed by atoms with Crippen LogP contribution >= 0.6 is 11.3 Å². The maximum absolute atomic E-state index is 10.8. The van der Waals surface area contributed by atoms with Crippen LogP contribution in [0.25, 0.3) is 0 Å². The topological polar surface area (TPSA) is 69.6 Å². The van der Waals surface area contributed by atoms with Crippen LogP contribution in [-0.2, 0) is 11.2 Å². The van der Waals surface area contributed by atoms with Crippen LogP contribution < -0.4 is 5.32 Å². The Morgan fingerprint density at radius 1 is 1.33 bits per heavy atom.